The quantitative estimate of drug-likeness (QED) is 0.256. The summed E-state index contributed by atoms with van der Waals surface area (Å²) < 4.78 is 11.8. The van der Waals surface area contributed by atoms with Crippen molar-refractivity contribution in [1.29, 1.82) is 0 Å². The van der Waals surface area contributed by atoms with E-state index in [2.05, 4.69) is 60.0 Å². The van der Waals surface area contributed by atoms with Gasteiger partial charge in [-0.1, -0.05) is 19.1 Å². The highest BCUT2D eigenvalue weighted by molar-refractivity contribution is 14.0. The molecule has 1 aliphatic heterocycles. The lowest BCUT2D eigenvalue weighted by Crippen LogP contribution is -2.38. The van der Waals surface area contributed by atoms with E-state index < -0.39 is 0 Å². The Labute approximate surface area is 207 Å². The van der Waals surface area contributed by atoms with Crippen molar-refractivity contribution in [3.05, 3.63) is 45.4 Å². The molecule has 31 heavy (non-hydrogen) atoms. The zero-order chi connectivity index (χ0) is 21.2. The van der Waals surface area contributed by atoms with Crippen molar-refractivity contribution in [1.82, 2.24) is 15.6 Å². The number of guanidine groups is 1. The number of hydrogen-bond donors (Lipinski definition) is 2. The number of ether oxygens (including phenoxy) is 2. The molecule has 2 heterocycles. The molecule has 0 radical (unpaired) electrons. The van der Waals surface area contributed by atoms with E-state index in [4.69, 9.17) is 14.5 Å². The van der Waals surface area contributed by atoms with E-state index >= 15 is 0 Å². The fourth-order valence-corrected chi connectivity index (χ4v) is 4.11. The van der Waals surface area contributed by atoms with Gasteiger partial charge in [0.05, 0.1) is 23.4 Å². The maximum Gasteiger partial charge on any atom is 0.191 e. The fourth-order valence-electron chi connectivity index (χ4n) is 3.33. The van der Waals surface area contributed by atoms with Gasteiger partial charge in [0, 0.05) is 37.1 Å². The number of thiazole rings is 1. The Balaban J connectivity index is 0.00000341. The van der Waals surface area contributed by atoms with Crippen molar-refractivity contribution in [3.63, 3.8) is 0 Å². The number of hydrogen-bond acceptors (Lipinski definition) is 5. The van der Waals surface area contributed by atoms with Gasteiger partial charge in [0.1, 0.15) is 12.4 Å². The van der Waals surface area contributed by atoms with Crippen LogP contribution in [0, 0.1) is 6.92 Å². The highest BCUT2D eigenvalue weighted by Crippen LogP contribution is 2.23. The van der Waals surface area contributed by atoms with Crippen LogP contribution in [0.3, 0.4) is 0 Å². The monoisotopic (exact) mass is 558 g/mol. The number of aromatic nitrogens is 1. The average molecular weight is 559 g/mol. The standard InChI is InChI=1S/C23H34N4O2S.HI/c1-4-22-27-19(16-30-22)10-11-25-23(24-5-2)26-14-18-9-8-17(3)13-21(18)29-15-20-7-6-12-28-20;/h8-9,13,16,20H,4-7,10-12,14-15H2,1-3H3,(H2,24,25,26);1H. The van der Waals surface area contributed by atoms with E-state index in [1.54, 1.807) is 11.3 Å². The molecule has 3 rings (SSSR count). The Morgan fingerprint density at radius 2 is 2.19 bits per heavy atom. The van der Waals surface area contributed by atoms with Crippen LogP contribution in [0.15, 0.2) is 28.6 Å². The van der Waals surface area contributed by atoms with Gasteiger partial charge in [-0.05, 0) is 44.7 Å². The average Bonchev–Trinajstić information content (AvgIpc) is 3.43. The van der Waals surface area contributed by atoms with E-state index in [9.17, 15) is 0 Å². The lowest BCUT2D eigenvalue weighted by molar-refractivity contribution is 0.0676. The predicted octanol–water partition coefficient (Wildman–Crippen LogP) is 4.49. The van der Waals surface area contributed by atoms with Crippen molar-refractivity contribution >= 4 is 41.3 Å². The molecule has 0 amide bonds. The molecule has 1 aromatic heterocycles. The summed E-state index contributed by atoms with van der Waals surface area (Å²) in [6, 6.07) is 6.31. The summed E-state index contributed by atoms with van der Waals surface area (Å²) >= 11 is 1.73. The van der Waals surface area contributed by atoms with Crippen LogP contribution in [0.5, 0.6) is 5.75 Å². The lowest BCUT2D eigenvalue weighted by atomic mass is 10.1. The Kier molecular flexibility index (Phi) is 11.6. The number of aliphatic imine (C=N–C) groups is 1. The molecule has 0 aliphatic carbocycles. The van der Waals surface area contributed by atoms with Crippen LogP contribution in [0.2, 0.25) is 0 Å². The predicted molar refractivity (Wildman–Crippen MR) is 139 cm³/mol. The molecule has 2 aromatic rings. The summed E-state index contributed by atoms with van der Waals surface area (Å²) in [7, 11) is 0. The molecule has 2 N–H and O–H groups in total. The number of nitrogens with zero attached hydrogens (tertiary/aromatic N) is 2. The third kappa shape index (κ3) is 8.57. The van der Waals surface area contributed by atoms with Crippen LogP contribution in [-0.2, 0) is 24.1 Å². The smallest absolute Gasteiger partial charge is 0.191 e. The van der Waals surface area contributed by atoms with E-state index in [0.29, 0.717) is 13.2 Å². The number of aryl methyl sites for hydroxylation is 2. The molecule has 0 spiro atoms. The fraction of sp³-hybridized carbons (Fsp3) is 0.565. The topological polar surface area (TPSA) is 67.8 Å². The van der Waals surface area contributed by atoms with Crippen molar-refractivity contribution < 1.29 is 9.47 Å². The Morgan fingerprint density at radius 3 is 2.90 bits per heavy atom. The highest BCUT2D eigenvalue weighted by Gasteiger charge is 2.17. The number of benzene rings is 1. The molecule has 6 nitrogen and oxygen atoms in total. The van der Waals surface area contributed by atoms with Gasteiger partial charge in [-0.25, -0.2) is 9.98 Å². The zero-order valence-corrected chi connectivity index (χ0v) is 21.9. The van der Waals surface area contributed by atoms with Crippen LogP contribution in [0.4, 0.5) is 0 Å². The van der Waals surface area contributed by atoms with Crippen LogP contribution in [0.25, 0.3) is 0 Å². The van der Waals surface area contributed by atoms with Gasteiger partial charge in [-0.15, -0.1) is 35.3 Å². The lowest BCUT2D eigenvalue weighted by Gasteiger charge is -2.15. The van der Waals surface area contributed by atoms with E-state index in [0.717, 1.165) is 68.3 Å². The Hall–Kier alpha value is -1.39. The summed E-state index contributed by atoms with van der Waals surface area (Å²) in [5.74, 6) is 1.72. The first-order valence-electron chi connectivity index (χ1n) is 11.0. The first-order valence-corrected chi connectivity index (χ1v) is 11.8. The van der Waals surface area contributed by atoms with Crippen LogP contribution >= 0.6 is 35.3 Å². The van der Waals surface area contributed by atoms with Gasteiger partial charge < -0.3 is 20.1 Å². The maximum absolute atomic E-state index is 6.10. The molecule has 8 heteroatoms. The van der Waals surface area contributed by atoms with Gasteiger partial charge in [0.2, 0.25) is 0 Å². The molecule has 172 valence electrons. The van der Waals surface area contributed by atoms with Gasteiger partial charge in [-0.2, -0.15) is 0 Å². The normalized spacial score (nSPS) is 16.1. The second-order valence-electron chi connectivity index (χ2n) is 7.52. The van der Waals surface area contributed by atoms with Crippen LogP contribution in [0.1, 0.15) is 48.5 Å². The minimum Gasteiger partial charge on any atom is -0.491 e. The summed E-state index contributed by atoms with van der Waals surface area (Å²) in [4.78, 5) is 9.40. The number of rotatable bonds is 10. The van der Waals surface area contributed by atoms with E-state index in [-0.39, 0.29) is 30.1 Å². The summed E-state index contributed by atoms with van der Waals surface area (Å²) in [5.41, 5.74) is 3.41. The van der Waals surface area contributed by atoms with Crippen molar-refractivity contribution in [2.24, 2.45) is 4.99 Å². The van der Waals surface area contributed by atoms with Crippen molar-refractivity contribution in [3.8, 4) is 5.75 Å². The third-order valence-corrected chi connectivity index (χ3v) is 6.04. The molecule has 0 bridgehead atoms. The van der Waals surface area contributed by atoms with Gasteiger partial charge in [-0.3, -0.25) is 0 Å². The Morgan fingerprint density at radius 1 is 1.32 bits per heavy atom. The summed E-state index contributed by atoms with van der Waals surface area (Å²) in [6.07, 6.45) is 4.29. The highest BCUT2D eigenvalue weighted by atomic mass is 127. The number of halogens is 1. The largest absolute Gasteiger partial charge is 0.491 e. The number of nitrogens with one attached hydrogen (secondary N) is 2. The summed E-state index contributed by atoms with van der Waals surface area (Å²) in [5, 5.41) is 10.1. The molecular weight excluding hydrogens is 523 g/mol. The molecular formula is C23H35IN4O2S. The second-order valence-corrected chi connectivity index (χ2v) is 8.46. The van der Waals surface area contributed by atoms with Gasteiger partial charge in [0.25, 0.3) is 0 Å². The van der Waals surface area contributed by atoms with Crippen molar-refractivity contribution in [2.75, 3.05) is 26.3 Å². The van der Waals surface area contributed by atoms with Crippen molar-refractivity contribution in [2.45, 2.75) is 59.1 Å². The van der Waals surface area contributed by atoms with E-state index in [1.807, 2.05) is 0 Å². The maximum atomic E-state index is 6.10. The minimum absolute atomic E-state index is 0. The molecule has 0 saturated carbocycles. The first kappa shape index (κ1) is 25.9. The summed E-state index contributed by atoms with van der Waals surface area (Å²) in [6.45, 7) is 9.93. The second kappa shape index (κ2) is 13.9. The molecule has 1 fully saturated rings. The van der Waals surface area contributed by atoms with E-state index in [1.165, 1.54) is 10.6 Å². The van der Waals surface area contributed by atoms with Gasteiger partial charge in [0.15, 0.2) is 5.96 Å². The molecule has 1 atom stereocenters. The zero-order valence-electron chi connectivity index (χ0n) is 18.8. The molecule has 1 aliphatic rings. The molecule has 1 saturated heterocycles. The first-order chi connectivity index (χ1) is 14.7. The third-order valence-electron chi connectivity index (χ3n) is 5.00. The molecule has 1 aromatic carbocycles. The van der Waals surface area contributed by atoms with Crippen LogP contribution in [-0.4, -0.2) is 43.4 Å². The minimum atomic E-state index is 0. The van der Waals surface area contributed by atoms with Gasteiger partial charge >= 0.3 is 0 Å². The Bertz CT molecular complexity index is 822. The molecule has 1 unspecified atom stereocenters. The SMILES string of the molecule is CCNC(=NCc1ccc(C)cc1OCC1CCCO1)NCCc1csc(CC)n1.I. The van der Waals surface area contributed by atoms with Crippen LogP contribution < -0.4 is 15.4 Å².